The summed E-state index contributed by atoms with van der Waals surface area (Å²) < 4.78 is 22.3. The fourth-order valence-corrected chi connectivity index (χ4v) is 1.82. The van der Waals surface area contributed by atoms with E-state index in [4.69, 9.17) is 5.73 Å². The molecule has 0 saturated carbocycles. The topological polar surface area (TPSA) is 102 Å². The van der Waals surface area contributed by atoms with Gasteiger partial charge in [0, 0.05) is 6.26 Å². The molecule has 0 amide bonds. The van der Waals surface area contributed by atoms with E-state index in [-0.39, 0.29) is 0 Å². The van der Waals surface area contributed by atoms with Crippen molar-refractivity contribution in [3.63, 3.8) is 0 Å². The summed E-state index contributed by atoms with van der Waals surface area (Å²) in [6.45, 7) is 3.20. The predicted octanol–water partition coefficient (Wildman–Crippen LogP) is 0.820. The Labute approximate surface area is 99.2 Å². The molecule has 0 atom stereocenters. The lowest BCUT2D eigenvalue weighted by molar-refractivity contribution is 0.552. The van der Waals surface area contributed by atoms with Crippen LogP contribution in [0.4, 0.5) is 5.82 Å². The summed E-state index contributed by atoms with van der Waals surface area (Å²) in [4.78, 5) is 11.2. The molecule has 2 heterocycles. The van der Waals surface area contributed by atoms with Gasteiger partial charge in [-0.05, 0) is 26.0 Å². The van der Waals surface area contributed by atoms with E-state index in [9.17, 15) is 8.42 Å². The normalized spacial score (nSPS) is 13.1. The molecule has 0 aliphatic heterocycles. The predicted molar refractivity (Wildman–Crippen MR) is 66.2 cm³/mol. The van der Waals surface area contributed by atoms with Gasteiger partial charge < -0.3 is 10.7 Å². The molecule has 7 heteroatoms. The van der Waals surface area contributed by atoms with E-state index in [1.54, 1.807) is 26.0 Å². The van der Waals surface area contributed by atoms with Crippen LogP contribution in [-0.4, -0.2) is 29.6 Å². The summed E-state index contributed by atoms with van der Waals surface area (Å²) in [7, 11) is -3.27. The second kappa shape index (κ2) is 3.43. The van der Waals surface area contributed by atoms with E-state index < -0.39 is 14.6 Å². The third kappa shape index (κ3) is 1.86. The Balaban J connectivity index is 2.65. The van der Waals surface area contributed by atoms with Gasteiger partial charge in [0.05, 0.1) is 5.52 Å². The molecule has 0 saturated heterocycles. The van der Waals surface area contributed by atoms with Gasteiger partial charge in [-0.1, -0.05) is 0 Å². The van der Waals surface area contributed by atoms with Crippen LogP contribution in [0.3, 0.4) is 0 Å². The minimum absolute atomic E-state index is 0.354. The van der Waals surface area contributed by atoms with E-state index in [0.29, 0.717) is 22.8 Å². The molecular formula is C10H14N4O2S. The van der Waals surface area contributed by atoms with Crippen LogP contribution in [0.2, 0.25) is 0 Å². The zero-order chi connectivity index (χ0) is 12.8. The first-order valence-electron chi connectivity index (χ1n) is 5.04. The molecule has 2 aromatic rings. The van der Waals surface area contributed by atoms with Gasteiger partial charge in [-0.3, -0.25) is 0 Å². The molecule has 0 bridgehead atoms. The van der Waals surface area contributed by atoms with Gasteiger partial charge in [-0.2, -0.15) is 0 Å². The molecule has 0 aliphatic rings. The van der Waals surface area contributed by atoms with Crippen molar-refractivity contribution in [3.8, 4) is 0 Å². The molecule has 0 aliphatic carbocycles. The van der Waals surface area contributed by atoms with Crippen LogP contribution in [0.5, 0.6) is 0 Å². The zero-order valence-corrected chi connectivity index (χ0v) is 10.7. The van der Waals surface area contributed by atoms with E-state index in [0.717, 1.165) is 0 Å². The van der Waals surface area contributed by atoms with Gasteiger partial charge in [-0.25, -0.2) is 18.4 Å². The molecule has 0 aromatic carbocycles. The number of imidazole rings is 1. The number of H-pyrrole nitrogens is 1. The highest BCUT2D eigenvalue weighted by molar-refractivity contribution is 7.91. The monoisotopic (exact) mass is 254 g/mol. The summed E-state index contributed by atoms with van der Waals surface area (Å²) in [5, 5.41) is 0. The van der Waals surface area contributed by atoms with Gasteiger partial charge in [0.15, 0.2) is 15.5 Å². The fourth-order valence-electron chi connectivity index (χ4n) is 1.37. The van der Waals surface area contributed by atoms with E-state index >= 15 is 0 Å². The first-order chi connectivity index (χ1) is 7.72. The number of aromatic nitrogens is 3. The van der Waals surface area contributed by atoms with Gasteiger partial charge in [-0.15, -0.1) is 0 Å². The van der Waals surface area contributed by atoms with Crippen molar-refractivity contribution in [3.05, 3.63) is 18.0 Å². The maximum atomic E-state index is 11.7. The number of hydrogen-bond donors (Lipinski definition) is 2. The molecule has 0 unspecified atom stereocenters. The zero-order valence-electron chi connectivity index (χ0n) is 9.85. The van der Waals surface area contributed by atoms with E-state index in [2.05, 4.69) is 15.0 Å². The maximum absolute atomic E-state index is 11.7. The molecule has 92 valence electrons. The quantitative estimate of drug-likeness (QED) is 0.826. The molecule has 3 N–H and O–H groups in total. The molecule has 0 fully saturated rings. The Bertz CT molecular complexity index is 673. The molecule has 0 radical (unpaired) electrons. The number of nitrogens with one attached hydrogen (secondary N) is 1. The average Bonchev–Trinajstić information content (AvgIpc) is 2.58. The van der Waals surface area contributed by atoms with Gasteiger partial charge in [0.2, 0.25) is 0 Å². The standard InChI is InChI=1S/C10H14N4O2S/c1-10(2,17(3,15)16)9-12-6-4-5-7(11)13-8(6)14-9/h4-5H,1-3H3,(H3,11,12,13,14). The minimum Gasteiger partial charge on any atom is -0.384 e. The minimum atomic E-state index is -3.27. The summed E-state index contributed by atoms with van der Waals surface area (Å²) in [6, 6.07) is 3.37. The lowest BCUT2D eigenvalue weighted by Gasteiger charge is -2.19. The number of nitrogens with two attached hydrogens (primary N) is 1. The molecule has 2 aromatic heterocycles. The van der Waals surface area contributed by atoms with Crippen molar-refractivity contribution >= 4 is 26.8 Å². The van der Waals surface area contributed by atoms with Crippen molar-refractivity contribution < 1.29 is 8.42 Å². The Hall–Kier alpha value is -1.63. The highest BCUT2D eigenvalue weighted by Gasteiger charge is 2.35. The lowest BCUT2D eigenvalue weighted by Crippen LogP contribution is -2.29. The Morgan fingerprint density at radius 3 is 2.53 bits per heavy atom. The van der Waals surface area contributed by atoms with Crippen LogP contribution >= 0.6 is 0 Å². The number of nitrogen functional groups attached to an aromatic ring is 1. The van der Waals surface area contributed by atoms with Crippen molar-refractivity contribution in [2.24, 2.45) is 0 Å². The van der Waals surface area contributed by atoms with Crippen LogP contribution in [0.25, 0.3) is 11.2 Å². The second-order valence-corrected chi connectivity index (χ2v) is 7.04. The molecule has 2 rings (SSSR count). The Kier molecular flexibility index (Phi) is 2.39. The largest absolute Gasteiger partial charge is 0.384 e. The summed E-state index contributed by atoms with van der Waals surface area (Å²) in [6.07, 6.45) is 1.18. The number of aromatic amines is 1. The SMILES string of the molecule is CC(C)(c1nc2nc(N)ccc2[nH]1)S(C)(=O)=O. The highest BCUT2D eigenvalue weighted by Crippen LogP contribution is 2.27. The van der Waals surface area contributed by atoms with E-state index in [1.807, 2.05) is 0 Å². The first kappa shape index (κ1) is 11.8. The highest BCUT2D eigenvalue weighted by atomic mass is 32.2. The number of pyridine rings is 1. The number of fused-ring (bicyclic) bond motifs is 1. The Morgan fingerprint density at radius 1 is 1.29 bits per heavy atom. The maximum Gasteiger partial charge on any atom is 0.179 e. The third-order valence-corrected chi connectivity index (χ3v) is 4.91. The van der Waals surface area contributed by atoms with Gasteiger partial charge in [0.25, 0.3) is 0 Å². The number of anilines is 1. The van der Waals surface area contributed by atoms with Crippen LogP contribution in [0.15, 0.2) is 12.1 Å². The molecular weight excluding hydrogens is 240 g/mol. The van der Waals surface area contributed by atoms with Crippen LogP contribution < -0.4 is 5.73 Å². The summed E-state index contributed by atoms with van der Waals surface area (Å²) in [5.41, 5.74) is 6.64. The smallest absolute Gasteiger partial charge is 0.179 e. The lowest BCUT2D eigenvalue weighted by atomic mass is 10.2. The fraction of sp³-hybridized carbons (Fsp3) is 0.400. The van der Waals surface area contributed by atoms with Crippen molar-refractivity contribution in [1.29, 1.82) is 0 Å². The first-order valence-corrected chi connectivity index (χ1v) is 6.93. The number of nitrogens with zero attached hydrogens (tertiary/aromatic N) is 2. The van der Waals surface area contributed by atoms with Crippen molar-refractivity contribution in [2.75, 3.05) is 12.0 Å². The van der Waals surface area contributed by atoms with Crippen molar-refractivity contribution in [2.45, 2.75) is 18.6 Å². The van der Waals surface area contributed by atoms with E-state index in [1.165, 1.54) is 6.26 Å². The molecule has 17 heavy (non-hydrogen) atoms. The van der Waals surface area contributed by atoms with Crippen LogP contribution in [0, 0.1) is 0 Å². The summed E-state index contributed by atoms with van der Waals surface area (Å²) in [5.74, 6) is 0.723. The average molecular weight is 254 g/mol. The molecule has 6 nitrogen and oxygen atoms in total. The second-order valence-electron chi connectivity index (χ2n) is 4.48. The van der Waals surface area contributed by atoms with Crippen molar-refractivity contribution in [1.82, 2.24) is 15.0 Å². The Morgan fingerprint density at radius 2 is 1.94 bits per heavy atom. The number of sulfone groups is 1. The number of hydrogen-bond acceptors (Lipinski definition) is 5. The third-order valence-electron chi connectivity index (χ3n) is 2.86. The molecule has 0 spiro atoms. The van der Waals surface area contributed by atoms with Gasteiger partial charge in [0.1, 0.15) is 16.4 Å². The van der Waals surface area contributed by atoms with Crippen LogP contribution in [-0.2, 0) is 14.6 Å². The number of rotatable bonds is 2. The summed E-state index contributed by atoms with van der Waals surface area (Å²) >= 11 is 0. The van der Waals surface area contributed by atoms with Crippen LogP contribution in [0.1, 0.15) is 19.7 Å². The van der Waals surface area contributed by atoms with Gasteiger partial charge >= 0.3 is 0 Å².